The van der Waals surface area contributed by atoms with Gasteiger partial charge in [0.15, 0.2) is 6.10 Å². The van der Waals surface area contributed by atoms with Crippen LogP contribution < -0.4 is 0 Å². The summed E-state index contributed by atoms with van der Waals surface area (Å²) in [7, 11) is 2.15. The molecule has 7 heteroatoms. The van der Waals surface area contributed by atoms with E-state index in [2.05, 4.69) is 0 Å². The van der Waals surface area contributed by atoms with Crippen molar-refractivity contribution in [2.24, 2.45) is 0 Å². The highest BCUT2D eigenvalue weighted by molar-refractivity contribution is 6.60. The zero-order chi connectivity index (χ0) is 12.0. The lowest BCUT2D eigenvalue weighted by atomic mass is 10.5. The zero-order valence-corrected chi connectivity index (χ0v) is 10.9. The number of esters is 1. The van der Waals surface area contributed by atoms with Gasteiger partial charge in [-0.2, -0.15) is 0 Å². The van der Waals surface area contributed by atoms with E-state index in [0.717, 1.165) is 0 Å². The van der Waals surface area contributed by atoms with Crippen LogP contribution >= 0.6 is 0 Å². The van der Waals surface area contributed by atoms with Gasteiger partial charge in [0.2, 0.25) is 0 Å². The summed E-state index contributed by atoms with van der Waals surface area (Å²) in [6.45, 7) is 0.815. The fourth-order valence-corrected chi connectivity index (χ4v) is 2.98. The Morgan fingerprint density at radius 2 is 1.88 bits per heavy atom. The van der Waals surface area contributed by atoms with E-state index in [0.29, 0.717) is 25.7 Å². The van der Waals surface area contributed by atoms with Crippen LogP contribution in [0.1, 0.15) is 6.42 Å². The maximum absolute atomic E-state index is 11.1. The van der Waals surface area contributed by atoms with E-state index >= 15 is 0 Å². The van der Waals surface area contributed by atoms with Crippen LogP contribution in [0.3, 0.4) is 0 Å². The van der Waals surface area contributed by atoms with Crippen LogP contribution in [-0.2, 0) is 27.5 Å². The average molecular weight is 250 g/mol. The summed E-state index contributed by atoms with van der Waals surface area (Å²) in [5.41, 5.74) is 0. The van der Waals surface area contributed by atoms with Crippen LogP contribution in [0.4, 0.5) is 0 Å². The fourth-order valence-electron chi connectivity index (χ4n) is 1.29. The number of ether oxygens (including phenoxy) is 2. The van der Waals surface area contributed by atoms with E-state index in [1.54, 1.807) is 21.3 Å². The summed E-state index contributed by atoms with van der Waals surface area (Å²) in [5.74, 6) is -0.292. The van der Waals surface area contributed by atoms with Crippen molar-refractivity contribution in [1.29, 1.82) is 0 Å². The van der Waals surface area contributed by atoms with Gasteiger partial charge in [-0.05, 0) is 6.42 Å². The number of rotatable bonds is 8. The first-order valence-corrected chi connectivity index (χ1v) is 7.04. The second-order valence-corrected chi connectivity index (χ2v) is 6.48. The number of hydrogen-bond acceptors (Lipinski definition) is 6. The molecule has 1 fully saturated rings. The van der Waals surface area contributed by atoms with Crippen molar-refractivity contribution >= 4 is 14.8 Å². The molecule has 94 valence electrons. The van der Waals surface area contributed by atoms with Crippen molar-refractivity contribution in [3.8, 4) is 0 Å². The molecule has 1 rings (SSSR count). The Morgan fingerprint density at radius 1 is 1.31 bits per heavy atom. The molecule has 16 heavy (non-hydrogen) atoms. The molecule has 1 aliphatic rings. The molecule has 1 atom stereocenters. The topological polar surface area (TPSA) is 66.5 Å². The maximum Gasteiger partial charge on any atom is 0.500 e. The number of hydrogen-bond donors (Lipinski definition) is 0. The minimum Gasteiger partial charge on any atom is -0.464 e. The first-order valence-electron chi connectivity index (χ1n) is 5.11. The fraction of sp³-hybridized carbons (Fsp3) is 0.889. The van der Waals surface area contributed by atoms with Gasteiger partial charge < -0.3 is 22.8 Å². The molecule has 0 spiro atoms. The molecule has 0 bridgehead atoms. The van der Waals surface area contributed by atoms with Crippen LogP contribution in [0.15, 0.2) is 0 Å². The molecule has 0 aromatic carbocycles. The highest BCUT2D eigenvalue weighted by atomic mass is 28.4. The van der Waals surface area contributed by atoms with E-state index in [9.17, 15) is 4.79 Å². The molecule has 6 nitrogen and oxygen atoms in total. The van der Waals surface area contributed by atoms with Crippen molar-refractivity contribution in [3.05, 3.63) is 0 Å². The third-order valence-corrected chi connectivity index (χ3v) is 5.23. The lowest BCUT2D eigenvalue weighted by Gasteiger charge is -2.23. The van der Waals surface area contributed by atoms with E-state index in [-0.39, 0.29) is 12.1 Å². The Morgan fingerprint density at radius 3 is 2.31 bits per heavy atom. The van der Waals surface area contributed by atoms with Gasteiger partial charge in [0.25, 0.3) is 0 Å². The smallest absolute Gasteiger partial charge is 0.464 e. The van der Waals surface area contributed by atoms with Gasteiger partial charge in [0, 0.05) is 27.4 Å². The molecule has 0 aliphatic carbocycles. The van der Waals surface area contributed by atoms with E-state index in [1.165, 1.54) is 0 Å². The van der Waals surface area contributed by atoms with Crippen molar-refractivity contribution in [2.75, 3.05) is 34.5 Å². The van der Waals surface area contributed by atoms with Crippen LogP contribution in [0.5, 0.6) is 0 Å². The predicted octanol–water partition coefficient (Wildman–Crippen LogP) is 0.197. The molecular weight excluding hydrogens is 232 g/mol. The summed E-state index contributed by atoms with van der Waals surface area (Å²) in [6.07, 6.45) is 0.314. The number of carbonyl (C=O) groups excluding carboxylic acids is 1. The average Bonchev–Trinajstić information content (AvgIpc) is 3.14. The maximum atomic E-state index is 11.1. The molecular formula is C9H18O6Si. The quantitative estimate of drug-likeness (QED) is 0.265. The van der Waals surface area contributed by atoms with Crippen LogP contribution in [-0.4, -0.2) is 55.4 Å². The van der Waals surface area contributed by atoms with E-state index in [1.807, 2.05) is 0 Å². The summed E-state index contributed by atoms with van der Waals surface area (Å²) >= 11 is 0. The first kappa shape index (κ1) is 13.6. The molecule has 0 radical (unpaired) electrons. The van der Waals surface area contributed by atoms with Gasteiger partial charge in [-0.1, -0.05) is 0 Å². The normalized spacial score (nSPS) is 19.6. The predicted molar refractivity (Wildman–Crippen MR) is 56.9 cm³/mol. The summed E-state index contributed by atoms with van der Waals surface area (Å²) in [5, 5.41) is 0. The standard InChI is InChI=1S/C9H18O6Si/c1-11-16(12-2,13-3)6-4-5-14-9(10)8-7-15-8/h8H,4-7H2,1-3H3. The summed E-state index contributed by atoms with van der Waals surface area (Å²) in [4.78, 5) is 11.1. The Kier molecular flexibility index (Phi) is 5.36. The summed E-state index contributed by atoms with van der Waals surface area (Å²) in [6, 6.07) is 0.620. The van der Waals surface area contributed by atoms with Gasteiger partial charge in [-0.15, -0.1) is 0 Å². The van der Waals surface area contributed by atoms with Gasteiger partial charge >= 0.3 is 14.8 Å². The van der Waals surface area contributed by atoms with Crippen LogP contribution in [0.25, 0.3) is 0 Å². The lowest BCUT2D eigenvalue weighted by Crippen LogP contribution is -2.42. The van der Waals surface area contributed by atoms with Crippen LogP contribution in [0, 0.1) is 0 Å². The van der Waals surface area contributed by atoms with Gasteiger partial charge in [-0.3, -0.25) is 0 Å². The third-order valence-electron chi connectivity index (χ3n) is 2.40. The van der Waals surface area contributed by atoms with Gasteiger partial charge in [0.05, 0.1) is 13.2 Å². The molecule has 0 saturated carbocycles. The molecule has 1 saturated heterocycles. The minimum atomic E-state index is -2.52. The largest absolute Gasteiger partial charge is 0.500 e. The molecule has 0 aromatic rings. The Balaban J connectivity index is 2.14. The van der Waals surface area contributed by atoms with E-state index < -0.39 is 8.80 Å². The van der Waals surface area contributed by atoms with Gasteiger partial charge in [0.1, 0.15) is 0 Å². The molecule has 0 N–H and O–H groups in total. The van der Waals surface area contributed by atoms with Crippen LogP contribution in [0.2, 0.25) is 6.04 Å². The third kappa shape index (κ3) is 3.83. The second-order valence-electron chi connectivity index (χ2n) is 3.39. The van der Waals surface area contributed by atoms with Crippen molar-refractivity contribution in [3.63, 3.8) is 0 Å². The second kappa shape index (κ2) is 6.31. The van der Waals surface area contributed by atoms with Gasteiger partial charge in [-0.25, -0.2) is 4.79 Å². The Labute approximate surface area is 96.1 Å². The molecule has 0 aromatic heterocycles. The van der Waals surface area contributed by atoms with Crippen molar-refractivity contribution in [2.45, 2.75) is 18.6 Å². The van der Waals surface area contributed by atoms with E-state index in [4.69, 9.17) is 22.8 Å². The molecule has 1 aliphatic heterocycles. The molecule has 0 amide bonds. The molecule has 1 unspecified atom stereocenters. The first-order chi connectivity index (χ1) is 7.67. The van der Waals surface area contributed by atoms with Crippen molar-refractivity contribution in [1.82, 2.24) is 0 Å². The highest BCUT2D eigenvalue weighted by Crippen LogP contribution is 2.16. The number of carbonyl (C=O) groups is 1. The highest BCUT2D eigenvalue weighted by Gasteiger charge is 2.37. The summed E-state index contributed by atoms with van der Waals surface area (Å²) < 4.78 is 25.5. The Hall–Kier alpha value is -0.473. The zero-order valence-electron chi connectivity index (χ0n) is 9.86. The lowest BCUT2D eigenvalue weighted by molar-refractivity contribution is -0.145. The Bertz CT molecular complexity index is 218. The number of epoxide rings is 1. The SMILES string of the molecule is CO[Si](CCCOC(=O)C1CO1)(OC)OC. The monoisotopic (exact) mass is 250 g/mol. The van der Waals surface area contributed by atoms with Crippen molar-refractivity contribution < 1.29 is 27.5 Å². The molecule has 1 heterocycles. The minimum absolute atomic E-state index is 0.292.